The fraction of sp³-hybridized carbons (Fsp3) is 1.00. The number of likely N-dealkylation sites (N-methyl/N-ethyl adjacent to an activating group) is 1. The molecule has 0 aliphatic carbocycles. The van der Waals surface area contributed by atoms with Gasteiger partial charge in [-0.1, -0.05) is 20.8 Å². The Labute approximate surface area is 101 Å². The topological polar surface area (TPSA) is 12.5 Å². The van der Waals surface area contributed by atoms with Crippen molar-refractivity contribution in [1.29, 1.82) is 0 Å². The van der Waals surface area contributed by atoms with Gasteiger partial charge in [0.2, 0.25) is 0 Å². The highest BCUT2D eigenvalue weighted by Gasteiger charge is 2.39. The Morgan fingerprint density at radius 1 is 1.12 bits per heavy atom. The van der Waals surface area contributed by atoms with E-state index in [2.05, 4.69) is 53.5 Å². The SMILES string of the molecule is CN1CCCC1C(OC(C)(C)C)C(C)(C)C. The molecule has 0 saturated carbocycles. The van der Waals surface area contributed by atoms with Crippen LogP contribution in [0.15, 0.2) is 0 Å². The number of nitrogens with zero attached hydrogens (tertiary/aromatic N) is 1. The molecular formula is C14H29NO. The summed E-state index contributed by atoms with van der Waals surface area (Å²) in [6, 6.07) is 0.583. The van der Waals surface area contributed by atoms with Crippen molar-refractivity contribution < 1.29 is 4.74 Å². The molecule has 0 amide bonds. The molecule has 0 N–H and O–H groups in total. The average Bonchev–Trinajstić information content (AvgIpc) is 2.43. The second-order valence-corrected chi connectivity index (χ2v) is 7.21. The summed E-state index contributed by atoms with van der Waals surface area (Å²) in [7, 11) is 2.22. The summed E-state index contributed by atoms with van der Waals surface area (Å²) in [5, 5.41) is 0. The van der Waals surface area contributed by atoms with E-state index in [1.807, 2.05) is 0 Å². The van der Waals surface area contributed by atoms with E-state index in [0.717, 1.165) is 0 Å². The quantitative estimate of drug-likeness (QED) is 0.717. The summed E-state index contributed by atoms with van der Waals surface area (Å²) >= 11 is 0. The Bertz CT molecular complexity index is 224. The summed E-state index contributed by atoms with van der Waals surface area (Å²) in [6.07, 6.45) is 2.90. The lowest BCUT2D eigenvalue weighted by atomic mass is 9.83. The van der Waals surface area contributed by atoms with Crippen LogP contribution in [-0.4, -0.2) is 36.2 Å². The van der Waals surface area contributed by atoms with Crippen molar-refractivity contribution in [2.24, 2.45) is 5.41 Å². The molecule has 1 aliphatic rings. The van der Waals surface area contributed by atoms with Gasteiger partial charge in [-0.25, -0.2) is 0 Å². The van der Waals surface area contributed by atoms with Gasteiger partial charge in [-0.05, 0) is 52.6 Å². The van der Waals surface area contributed by atoms with Gasteiger partial charge in [0, 0.05) is 6.04 Å². The third kappa shape index (κ3) is 3.74. The maximum Gasteiger partial charge on any atom is 0.0785 e. The van der Waals surface area contributed by atoms with Crippen LogP contribution in [0.1, 0.15) is 54.4 Å². The van der Waals surface area contributed by atoms with Gasteiger partial charge in [-0.3, -0.25) is 0 Å². The van der Waals surface area contributed by atoms with Gasteiger partial charge in [-0.15, -0.1) is 0 Å². The van der Waals surface area contributed by atoms with Crippen LogP contribution >= 0.6 is 0 Å². The van der Waals surface area contributed by atoms with Crippen LogP contribution in [0.4, 0.5) is 0 Å². The van der Waals surface area contributed by atoms with Crippen LogP contribution in [0.25, 0.3) is 0 Å². The molecule has 0 aromatic heterocycles. The van der Waals surface area contributed by atoms with Crippen LogP contribution in [-0.2, 0) is 4.74 Å². The van der Waals surface area contributed by atoms with Gasteiger partial charge in [0.15, 0.2) is 0 Å². The Morgan fingerprint density at radius 2 is 1.69 bits per heavy atom. The molecule has 16 heavy (non-hydrogen) atoms. The molecule has 1 saturated heterocycles. The number of hydrogen-bond donors (Lipinski definition) is 0. The lowest BCUT2D eigenvalue weighted by molar-refractivity contribution is -0.130. The summed E-state index contributed by atoms with van der Waals surface area (Å²) < 4.78 is 6.31. The molecule has 0 radical (unpaired) electrons. The largest absolute Gasteiger partial charge is 0.370 e. The normalized spacial score (nSPS) is 26.1. The molecule has 1 heterocycles. The van der Waals surface area contributed by atoms with Crippen LogP contribution in [0.2, 0.25) is 0 Å². The van der Waals surface area contributed by atoms with Gasteiger partial charge in [-0.2, -0.15) is 0 Å². The van der Waals surface area contributed by atoms with E-state index in [9.17, 15) is 0 Å². The summed E-state index contributed by atoms with van der Waals surface area (Å²) in [4.78, 5) is 2.46. The van der Waals surface area contributed by atoms with Crippen molar-refractivity contribution in [2.45, 2.75) is 72.1 Å². The maximum atomic E-state index is 6.31. The summed E-state index contributed by atoms with van der Waals surface area (Å²) in [6.45, 7) is 14.5. The first-order chi connectivity index (χ1) is 7.11. The Morgan fingerprint density at radius 3 is 2.00 bits per heavy atom. The van der Waals surface area contributed by atoms with E-state index in [4.69, 9.17) is 4.74 Å². The van der Waals surface area contributed by atoms with Crippen molar-refractivity contribution in [3.63, 3.8) is 0 Å². The maximum absolute atomic E-state index is 6.31. The van der Waals surface area contributed by atoms with E-state index in [0.29, 0.717) is 12.1 Å². The molecule has 1 aliphatic heterocycles. The molecule has 0 aromatic carbocycles. The van der Waals surface area contributed by atoms with Crippen LogP contribution in [0, 0.1) is 5.41 Å². The minimum Gasteiger partial charge on any atom is -0.370 e. The Kier molecular flexibility index (Phi) is 4.07. The van der Waals surface area contributed by atoms with Crippen LogP contribution < -0.4 is 0 Å². The molecule has 2 heteroatoms. The van der Waals surface area contributed by atoms with Crippen molar-refractivity contribution in [3.05, 3.63) is 0 Å². The van der Waals surface area contributed by atoms with Crippen molar-refractivity contribution in [2.75, 3.05) is 13.6 Å². The average molecular weight is 227 g/mol. The highest BCUT2D eigenvalue weighted by atomic mass is 16.5. The monoisotopic (exact) mass is 227 g/mol. The fourth-order valence-corrected chi connectivity index (χ4v) is 2.53. The highest BCUT2D eigenvalue weighted by molar-refractivity contribution is 4.91. The van der Waals surface area contributed by atoms with Gasteiger partial charge >= 0.3 is 0 Å². The Balaban J connectivity index is 2.79. The molecule has 0 spiro atoms. The van der Waals surface area contributed by atoms with E-state index in [1.54, 1.807) is 0 Å². The third-order valence-electron chi connectivity index (χ3n) is 3.26. The van der Waals surface area contributed by atoms with Crippen LogP contribution in [0.5, 0.6) is 0 Å². The second-order valence-electron chi connectivity index (χ2n) is 7.21. The standard InChI is InChI=1S/C14H29NO/c1-13(2,3)12(16-14(4,5)6)11-9-8-10-15(11)7/h11-12H,8-10H2,1-7H3. The van der Waals surface area contributed by atoms with Crippen molar-refractivity contribution >= 4 is 0 Å². The molecule has 1 fully saturated rings. The molecule has 0 bridgehead atoms. The smallest absolute Gasteiger partial charge is 0.0785 e. The highest BCUT2D eigenvalue weighted by Crippen LogP contribution is 2.34. The molecule has 2 nitrogen and oxygen atoms in total. The number of ether oxygens (including phenoxy) is 1. The predicted molar refractivity (Wildman–Crippen MR) is 69.7 cm³/mol. The zero-order chi connectivity index (χ0) is 12.6. The summed E-state index contributed by atoms with van der Waals surface area (Å²) in [5.41, 5.74) is 0.151. The van der Waals surface area contributed by atoms with E-state index < -0.39 is 0 Å². The first-order valence-corrected chi connectivity index (χ1v) is 6.49. The summed E-state index contributed by atoms with van der Waals surface area (Å²) in [5.74, 6) is 0. The molecule has 0 aromatic rings. The number of rotatable bonds is 2. The minimum atomic E-state index is -0.0542. The molecular weight excluding hydrogens is 198 g/mol. The van der Waals surface area contributed by atoms with E-state index in [1.165, 1.54) is 19.4 Å². The Hall–Kier alpha value is -0.0800. The van der Waals surface area contributed by atoms with Gasteiger partial charge < -0.3 is 9.64 Å². The fourth-order valence-electron chi connectivity index (χ4n) is 2.53. The minimum absolute atomic E-state index is 0.0542. The lowest BCUT2D eigenvalue weighted by Gasteiger charge is -2.42. The van der Waals surface area contributed by atoms with Gasteiger partial charge in [0.1, 0.15) is 0 Å². The molecule has 1 rings (SSSR count). The van der Waals surface area contributed by atoms with Crippen LogP contribution in [0.3, 0.4) is 0 Å². The van der Waals surface area contributed by atoms with Gasteiger partial charge in [0.05, 0.1) is 11.7 Å². The zero-order valence-electron chi connectivity index (χ0n) is 12.1. The van der Waals surface area contributed by atoms with Crippen molar-refractivity contribution in [3.8, 4) is 0 Å². The van der Waals surface area contributed by atoms with E-state index in [-0.39, 0.29) is 11.0 Å². The second kappa shape index (κ2) is 4.66. The van der Waals surface area contributed by atoms with E-state index >= 15 is 0 Å². The lowest BCUT2D eigenvalue weighted by Crippen LogP contribution is -2.48. The first-order valence-electron chi connectivity index (χ1n) is 6.49. The molecule has 96 valence electrons. The predicted octanol–water partition coefficient (Wildman–Crippen LogP) is 3.31. The van der Waals surface area contributed by atoms with Crippen molar-refractivity contribution in [1.82, 2.24) is 4.90 Å². The zero-order valence-corrected chi connectivity index (χ0v) is 12.1. The first kappa shape index (κ1) is 14.0. The molecule has 2 atom stereocenters. The van der Waals surface area contributed by atoms with Gasteiger partial charge in [0.25, 0.3) is 0 Å². The number of likely N-dealkylation sites (tertiary alicyclic amines) is 1. The third-order valence-corrected chi connectivity index (χ3v) is 3.26. The molecule has 2 unspecified atom stereocenters. The number of hydrogen-bond acceptors (Lipinski definition) is 2.